The molecule has 1 saturated heterocycles. The van der Waals surface area contributed by atoms with Crippen molar-refractivity contribution in [3.8, 4) is 0 Å². The van der Waals surface area contributed by atoms with Gasteiger partial charge in [0, 0.05) is 13.1 Å². The summed E-state index contributed by atoms with van der Waals surface area (Å²) in [4.78, 5) is 13.9. The number of nitrogens with zero attached hydrogens (tertiary/aromatic N) is 1. The number of piperidine rings is 1. The molecule has 0 aromatic heterocycles. The molecular weight excluding hydrogens is 248 g/mol. The fraction of sp³-hybridized carbons (Fsp3) is 0.462. The number of benzene rings is 1. The molecule has 0 bridgehead atoms. The van der Waals surface area contributed by atoms with Crippen molar-refractivity contribution in [1.82, 2.24) is 4.90 Å². The Bertz CT molecular complexity index is 481. The van der Waals surface area contributed by atoms with Crippen molar-refractivity contribution in [2.45, 2.75) is 19.8 Å². The summed E-state index contributed by atoms with van der Waals surface area (Å²) in [5.74, 6) is -0.615. The third-order valence-corrected chi connectivity index (χ3v) is 3.47. The Kier molecular flexibility index (Phi) is 4.22. The molecule has 6 heteroatoms. The van der Waals surface area contributed by atoms with E-state index in [1.807, 2.05) is 0 Å². The van der Waals surface area contributed by atoms with Gasteiger partial charge in [-0.15, -0.1) is 0 Å². The van der Waals surface area contributed by atoms with Crippen molar-refractivity contribution >= 4 is 18.5 Å². The normalized spacial score (nSPS) is 19.4. The topological polar surface area (TPSA) is 60.8 Å². The Morgan fingerprint density at radius 1 is 1.47 bits per heavy atom. The second-order valence-corrected chi connectivity index (χ2v) is 5.11. The molecule has 0 radical (unpaired) electrons. The molecular formula is C13H17BFNO3. The van der Waals surface area contributed by atoms with Gasteiger partial charge in [0.05, 0.1) is 5.56 Å². The van der Waals surface area contributed by atoms with Gasteiger partial charge >= 0.3 is 7.12 Å². The largest absolute Gasteiger partial charge is 0.488 e. The lowest BCUT2D eigenvalue weighted by molar-refractivity contribution is 0.0678. The number of carbonyl (C=O) groups is 1. The maximum Gasteiger partial charge on any atom is 0.488 e. The van der Waals surface area contributed by atoms with Gasteiger partial charge in [-0.1, -0.05) is 13.0 Å². The number of hydrogen-bond acceptors (Lipinski definition) is 3. The van der Waals surface area contributed by atoms with E-state index in [9.17, 15) is 9.18 Å². The minimum absolute atomic E-state index is 0.0153. The highest BCUT2D eigenvalue weighted by Gasteiger charge is 2.25. The van der Waals surface area contributed by atoms with Gasteiger partial charge in [0.25, 0.3) is 5.91 Å². The van der Waals surface area contributed by atoms with Crippen LogP contribution < -0.4 is 5.46 Å². The summed E-state index contributed by atoms with van der Waals surface area (Å²) >= 11 is 0. The van der Waals surface area contributed by atoms with Crippen LogP contribution in [0.15, 0.2) is 18.2 Å². The molecule has 1 fully saturated rings. The van der Waals surface area contributed by atoms with Crippen molar-refractivity contribution in [3.63, 3.8) is 0 Å². The van der Waals surface area contributed by atoms with Gasteiger partial charge in [-0.2, -0.15) is 0 Å². The summed E-state index contributed by atoms with van der Waals surface area (Å²) in [6.45, 7) is 3.36. The summed E-state index contributed by atoms with van der Waals surface area (Å²) in [5.41, 5.74) is 0.0274. The van der Waals surface area contributed by atoms with Crippen LogP contribution in [0.1, 0.15) is 30.1 Å². The smallest absolute Gasteiger partial charge is 0.423 e. The number of likely N-dealkylation sites (tertiary alicyclic amines) is 1. The minimum atomic E-state index is -1.73. The van der Waals surface area contributed by atoms with E-state index < -0.39 is 12.9 Å². The second-order valence-electron chi connectivity index (χ2n) is 5.11. The molecule has 0 aliphatic carbocycles. The first-order chi connectivity index (χ1) is 8.99. The van der Waals surface area contributed by atoms with Crippen molar-refractivity contribution in [1.29, 1.82) is 0 Å². The zero-order valence-electron chi connectivity index (χ0n) is 10.8. The number of rotatable bonds is 2. The number of halogens is 1. The summed E-state index contributed by atoms with van der Waals surface area (Å²) < 4.78 is 13.8. The maximum absolute atomic E-state index is 13.8. The van der Waals surface area contributed by atoms with Crippen LogP contribution >= 0.6 is 0 Å². The van der Waals surface area contributed by atoms with Crippen molar-refractivity contribution in [2.24, 2.45) is 5.92 Å². The summed E-state index contributed by atoms with van der Waals surface area (Å²) in [5, 5.41) is 17.9. The lowest BCUT2D eigenvalue weighted by Crippen LogP contribution is -2.40. The zero-order valence-corrected chi connectivity index (χ0v) is 10.8. The van der Waals surface area contributed by atoms with E-state index in [-0.39, 0.29) is 16.9 Å². The molecule has 1 aliphatic heterocycles. The third-order valence-electron chi connectivity index (χ3n) is 3.47. The second kappa shape index (κ2) is 5.71. The monoisotopic (exact) mass is 265 g/mol. The van der Waals surface area contributed by atoms with Gasteiger partial charge in [0.15, 0.2) is 0 Å². The van der Waals surface area contributed by atoms with Gasteiger partial charge in [-0.3, -0.25) is 4.79 Å². The highest BCUT2D eigenvalue weighted by Crippen LogP contribution is 2.18. The van der Waals surface area contributed by atoms with Crippen molar-refractivity contribution in [2.75, 3.05) is 13.1 Å². The quantitative estimate of drug-likeness (QED) is 0.760. The van der Waals surface area contributed by atoms with Gasteiger partial charge in [0.1, 0.15) is 5.82 Å². The van der Waals surface area contributed by atoms with Crippen LogP contribution in [-0.2, 0) is 0 Å². The Balaban J connectivity index is 2.19. The SMILES string of the molecule is C[C@H]1CCCN(C(=O)c2ccc(B(O)O)cc2F)C1. The average Bonchev–Trinajstić information content (AvgIpc) is 2.37. The average molecular weight is 265 g/mol. The van der Waals surface area contributed by atoms with E-state index in [0.29, 0.717) is 19.0 Å². The van der Waals surface area contributed by atoms with E-state index in [4.69, 9.17) is 10.0 Å². The zero-order chi connectivity index (χ0) is 14.0. The number of amides is 1. The van der Waals surface area contributed by atoms with Crippen LogP contribution in [0.4, 0.5) is 4.39 Å². The van der Waals surface area contributed by atoms with Gasteiger partial charge in [0.2, 0.25) is 0 Å². The highest BCUT2D eigenvalue weighted by molar-refractivity contribution is 6.58. The molecule has 2 N–H and O–H groups in total. The molecule has 4 nitrogen and oxygen atoms in total. The molecule has 1 aliphatic rings. The molecule has 1 amide bonds. The molecule has 1 atom stereocenters. The standard InChI is InChI=1S/C13H17BFNO3/c1-9-3-2-6-16(8-9)13(17)11-5-4-10(14(18)19)7-12(11)15/h4-5,7,9,18-19H,2-3,6,8H2,1H3/t9-/m0/s1. The predicted octanol–water partition coefficient (Wildman–Crippen LogP) is 0.378. The fourth-order valence-electron chi connectivity index (χ4n) is 2.41. The first-order valence-electron chi connectivity index (χ1n) is 6.44. The molecule has 1 heterocycles. The molecule has 19 heavy (non-hydrogen) atoms. The number of hydrogen-bond donors (Lipinski definition) is 2. The lowest BCUT2D eigenvalue weighted by Gasteiger charge is -2.31. The summed E-state index contributed by atoms with van der Waals surface area (Å²) in [6, 6.07) is 3.66. The lowest BCUT2D eigenvalue weighted by atomic mass is 9.80. The van der Waals surface area contributed by atoms with E-state index in [1.165, 1.54) is 12.1 Å². The Morgan fingerprint density at radius 3 is 2.79 bits per heavy atom. The minimum Gasteiger partial charge on any atom is -0.423 e. The first-order valence-corrected chi connectivity index (χ1v) is 6.44. The Labute approximate surface area is 112 Å². The van der Waals surface area contributed by atoms with Crippen molar-refractivity contribution < 1.29 is 19.2 Å². The van der Waals surface area contributed by atoms with E-state index in [2.05, 4.69) is 6.92 Å². The van der Waals surface area contributed by atoms with E-state index in [1.54, 1.807) is 4.90 Å². The van der Waals surface area contributed by atoms with Crippen LogP contribution in [0.5, 0.6) is 0 Å². The van der Waals surface area contributed by atoms with Crippen LogP contribution in [0, 0.1) is 11.7 Å². The Hall–Kier alpha value is -1.40. The molecule has 1 aromatic rings. The van der Waals surface area contributed by atoms with Crippen LogP contribution in [-0.4, -0.2) is 41.1 Å². The number of carbonyl (C=O) groups excluding carboxylic acids is 1. The van der Waals surface area contributed by atoms with E-state index >= 15 is 0 Å². The summed E-state index contributed by atoms with van der Waals surface area (Å²) in [6.07, 6.45) is 2.02. The molecule has 0 unspecified atom stereocenters. The van der Waals surface area contributed by atoms with Gasteiger partial charge in [-0.05, 0) is 36.4 Å². The van der Waals surface area contributed by atoms with Gasteiger partial charge < -0.3 is 14.9 Å². The molecule has 0 spiro atoms. The maximum atomic E-state index is 13.8. The van der Waals surface area contributed by atoms with Crippen LogP contribution in [0.2, 0.25) is 0 Å². The van der Waals surface area contributed by atoms with E-state index in [0.717, 1.165) is 18.9 Å². The fourth-order valence-corrected chi connectivity index (χ4v) is 2.41. The molecule has 2 rings (SSSR count). The summed E-state index contributed by atoms with van der Waals surface area (Å²) in [7, 11) is -1.73. The molecule has 0 saturated carbocycles. The van der Waals surface area contributed by atoms with Crippen LogP contribution in [0.3, 0.4) is 0 Å². The molecule has 1 aromatic carbocycles. The highest BCUT2D eigenvalue weighted by atomic mass is 19.1. The third kappa shape index (κ3) is 3.14. The first kappa shape index (κ1) is 14.0. The van der Waals surface area contributed by atoms with Gasteiger partial charge in [-0.25, -0.2) is 4.39 Å². The van der Waals surface area contributed by atoms with Crippen molar-refractivity contribution in [3.05, 3.63) is 29.6 Å². The predicted molar refractivity (Wildman–Crippen MR) is 70.5 cm³/mol. The van der Waals surface area contributed by atoms with Crippen LogP contribution in [0.25, 0.3) is 0 Å². The molecule has 102 valence electrons. The Morgan fingerprint density at radius 2 is 2.21 bits per heavy atom.